The Balaban J connectivity index is 1.28. The summed E-state index contributed by atoms with van der Waals surface area (Å²) in [4.78, 5) is 49.7. The van der Waals surface area contributed by atoms with Crippen LogP contribution in [0.5, 0.6) is 0 Å². The molecule has 0 unspecified atom stereocenters. The number of carbonyl (C=O) groups is 2. The first-order valence-electron chi connectivity index (χ1n) is 13.0. The monoisotopic (exact) mass is 586 g/mol. The van der Waals surface area contributed by atoms with Crippen LogP contribution in [0.4, 0.5) is 11.6 Å². The number of aliphatic carboxylic acids is 1. The highest BCUT2D eigenvalue weighted by Crippen LogP contribution is 2.62. The van der Waals surface area contributed by atoms with Gasteiger partial charge in [0.2, 0.25) is 11.9 Å². The minimum absolute atomic E-state index is 0.0486. The number of carbonyl (C=O) groups excluding carboxylic acids is 1. The summed E-state index contributed by atoms with van der Waals surface area (Å²) in [5.74, 6) is -1.02. The van der Waals surface area contributed by atoms with E-state index in [4.69, 9.17) is 0 Å². The van der Waals surface area contributed by atoms with Crippen molar-refractivity contribution in [3.63, 3.8) is 0 Å². The molecular formula is C26H30N6O6S2. The molecule has 0 saturated carbocycles. The highest BCUT2D eigenvalue weighted by atomic mass is 32.2. The predicted octanol–water partition coefficient (Wildman–Crippen LogP) is 2.41. The minimum Gasteiger partial charge on any atom is -0.477 e. The van der Waals surface area contributed by atoms with E-state index >= 15 is 0 Å². The normalized spacial score (nSPS) is 23.6. The molecular weight excluding hydrogens is 556 g/mol. The quantitative estimate of drug-likeness (QED) is 0.226. The van der Waals surface area contributed by atoms with Gasteiger partial charge in [0, 0.05) is 69.4 Å². The number of piperazine rings is 1. The molecule has 3 aliphatic rings. The molecule has 212 valence electrons. The third-order valence-electron chi connectivity index (χ3n) is 7.50. The Labute approximate surface area is 239 Å². The zero-order valence-corrected chi connectivity index (χ0v) is 23.5. The number of aliphatic hydroxyl groups excluding tert-OH is 1. The van der Waals surface area contributed by atoms with E-state index in [0.29, 0.717) is 22.4 Å². The van der Waals surface area contributed by atoms with Crippen LogP contribution in [0.3, 0.4) is 0 Å². The lowest BCUT2D eigenvalue weighted by Crippen LogP contribution is -2.71. The summed E-state index contributed by atoms with van der Waals surface area (Å²) >= 11 is 2.73. The second-order valence-electron chi connectivity index (χ2n) is 9.84. The van der Waals surface area contributed by atoms with Gasteiger partial charge in [0.1, 0.15) is 4.87 Å². The molecule has 40 heavy (non-hydrogen) atoms. The fourth-order valence-corrected chi connectivity index (χ4v) is 8.69. The van der Waals surface area contributed by atoms with E-state index in [2.05, 4.69) is 19.8 Å². The van der Waals surface area contributed by atoms with Crippen molar-refractivity contribution in [2.75, 3.05) is 43.4 Å². The molecule has 3 aliphatic heterocycles. The second kappa shape index (κ2) is 11.7. The van der Waals surface area contributed by atoms with E-state index in [1.807, 2.05) is 0 Å². The Morgan fingerprint density at radius 2 is 1.90 bits per heavy atom. The molecule has 2 aromatic rings. The summed E-state index contributed by atoms with van der Waals surface area (Å²) in [6.45, 7) is 5.78. The molecule has 2 fully saturated rings. The van der Waals surface area contributed by atoms with Crippen LogP contribution in [0.1, 0.15) is 18.9 Å². The number of amides is 1. The predicted molar refractivity (Wildman–Crippen MR) is 152 cm³/mol. The third kappa shape index (κ3) is 5.28. The number of fused-ring (bicyclic) bond motifs is 1. The number of β-lactam (4-membered cyclic amide) rings is 1. The molecule has 1 amide bonds. The molecule has 0 bridgehead atoms. The summed E-state index contributed by atoms with van der Waals surface area (Å²) in [5.41, 5.74) is 0.623. The Bertz CT molecular complexity index is 1300. The van der Waals surface area contributed by atoms with Crippen molar-refractivity contribution < 1.29 is 24.7 Å². The van der Waals surface area contributed by atoms with Gasteiger partial charge in [-0.2, -0.15) is 0 Å². The Morgan fingerprint density at radius 1 is 1.23 bits per heavy atom. The zero-order valence-electron chi connectivity index (χ0n) is 21.9. The highest BCUT2D eigenvalue weighted by Gasteiger charge is 2.68. The zero-order chi connectivity index (χ0) is 28.4. The summed E-state index contributed by atoms with van der Waals surface area (Å²) in [7, 11) is 0. The van der Waals surface area contributed by atoms with Gasteiger partial charge in [-0.3, -0.25) is 24.7 Å². The molecule has 5 rings (SSSR count). The number of non-ortho nitro benzene ring substituents is 1. The van der Waals surface area contributed by atoms with Gasteiger partial charge in [-0.1, -0.05) is 30.8 Å². The lowest BCUT2D eigenvalue weighted by molar-refractivity contribution is -0.384. The molecule has 0 radical (unpaired) electrons. The molecule has 0 spiro atoms. The largest absolute Gasteiger partial charge is 0.477 e. The summed E-state index contributed by atoms with van der Waals surface area (Å²) in [5, 5.41) is 32.0. The number of carboxylic acids is 1. The molecule has 0 aliphatic carbocycles. The smallest absolute Gasteiger partial charge is 0.354 e. The maximum atomic E-state index is 13.2. The first-order chi connectivity index (χ1) is 19.2. The van der Waals surface area contributed by atoms with Gasteiger partial charge in [-0.15, -0.1) is 11.8 Å². The number of aromatic nitrogens is 2. The third-order valence-corrected chi connectivity index (χ3v) is 10.3. The van der Waals surface area contributed by atoms with Crippen LogP contribution in [-0.4, -0.2) is 96.2 Å². The maximum absolute atomic E-state index is 13.2. The number of thioether (sulfide) groups is 2. The van der Waals surface area contributed by atoms with Crippen molar-refractivity contribution in [1.82, 2.24) is 19.8 Å². The van der Waals surface area contributed by atoms with Gasteiger partial charge >= 0.3 is 5.97 Å². The Kier molecular flexibility index (Phi) is 8.31. The first kappa shape index (κ1) is 28.3. The SMILES string of the molecule is CC[C@H](O)[C@@H]1C(=O)N2C(C(=O)O)=C(SCCN3CCN(c4ncccn4)CC3)S[C@]12Cc1ccc([N+](=O)[O-])cc1. The minimum atomic E-state index is -1.19. The number of nitrogens with zero attached hydrogens (tertiary/aromatic N) is 6. The van der Waals surface area contributed by atoms with Crippen LogP contribution < -0.4 is 4.90 Å². The van der Waals surface area contributed by atoms with Gasteiger partial charge in [-0.25, -0.2) is 14.8 Å². The number of rotatable bonds is 11. The van der Waals surface area contributed by atoms with Gasteiger partial charge in [0.15, 0.2) is 5.70 Å². The average Bonchev–Trinajstić information content (AvgIpc) is 3.23. The number of carboxylic acid groups (broad SMARTS) is 1. The molecule has 1 aromatic heterocycles. The van der Waals surface area contributed by atoms with Crippen LogP contribution in [0.25, 0.3) is 0 Å². The molecule has 2 N–H and O–H groups in total. The van der Waals surface area contributed by atoms with E-state index in [-0.39, 0.29) is 17.8 Å². The van der Waals surface area contributed by atoms with Crippen molar-refractivity contribution in [2.45, 2.75) is 30.7 Å². The molecule has 2 saturated heterocycles. The fourth-order valence-electron chi connectivity index (χ4n) is 5.43. The van der Waals surface area contributed by atoms with Gasteiger partial charge in [0.25, 0.3) is 5.69 Å². The van der Waals surface area contributed by atoms with Gasteiger partial charge in [0.05, 0.1) is 21.2 Å². The van der Waals surface area contributed by atoms with E-state index in [1.165, 1.54) is 40.6 Å². The summed E-state index contributed by atoms with van der Waals surface area (Å²) < 4.78 is 0.546. The molecule has 1 aromatic carbocycles. The van der Waals surface area contributed by atoms with Crippen LogP contribution in [-0.2, 0) is 16.0 Å². The topological polar surface area (TPSA) is 153 Å². The summed E-state index contributed by atoms with van der Waals surface area (Å²) in [6.07, 6.45) is 3.12. The van der Waals surface area contributed by atoms with Gasteiger partial charge in [-0.05, 0) is 18.1 Å². The van der Waals surface area contributed by atoms with Crippen molar-refractivity contribution in [1.29, 1.82) is 0 Å². The van der Waals surface area contributed by atoms with Crippen LogP contribution in [0.2, 0.25) is 0 Å². The standard InChI is InChI=1S/C26H30N6O6S2/c1-2-19(33)20-22(34)31-21(23(35)36)24(40-26(20,31)16-17-4-6-18(7-5-17)32(37)38)39-15-14-29-10-12-30(13-11-29)25-27-8-3-9-28-25/h3-9,19-20,33H,2,10-16H2,1H3,(H,35,36)/t19-,20+,26+/m0/s1. The van der Waals surface area contributed by atoms with Crippen LogP contribution in [0.15, 0.2) is 52.7 Å². The number of aliphatic hydroxyl groups is 1. The number of nitro groups is 1. The van der Waals surface area contributed by atoms with E-state index < -0.39 is 33.7 Å². The van der Waals surface area contributed by atoms with Crippen molar-refractivity contribution in [2.24, 2.45) is 5.92 Å². The Morgan fingerprint density at radius 3 is 2.50 bits per heavy atom. The number of hydrogen-bond acceptors (Lipinski definition) is 11. The van der Waals surface area contributed by atoms with E-state index in [0.717, 1.165) is 38.3 Å². The molecule has 3 atom stereocenters. The lowest BCUT2D eigenvalue weighted by atomic mass is 9.77. The van der Waals surface area contributed by atoms with Crippen molar-refractivity contribution in [3.05, 3.63) is 68.3 Å². The summed E-state index contributed by atoms with van der Waals surface area (Å²) in [6, 6.07) is 7.82. The number of benzene rings is 1. The number of hydrogen-bond donors (Lipinski definition) is 2. The molecule has 14 heteroatoms. The average molecular weight is 587 g/mol. The van der Waals surface area contributed by atoms with Gasteiger partial charge < -0.3 is 15.1 Å². The molecule has 4 heterocycles. The van der Waals surface area contributed by atoms with E-state index in [9.17, 15) is 29.9 Å². The maximum Gasteiger partial charge on any atom is 0.354 e. The van der Waals surface area contributed by atoms with E-state index in [1.54, 1.807) is 37.5 Å². The highest BCUT2D eigenvalue weighted by molar-refractivity contribution is 8.23. The van der Waals surface area contributed by atoms with Crippen LogP contribution >= 0.6 is 23.5 Å². The second-order valence-corrected chi connectivity index (χ2v) is 12.5. The van der Waals surface area contributed by atoms with Crippen LogP contribution in [0, 0.1) is 16.0 Å². The lowest BCUT2D eigenvalue weighted by Gasteiger charge is -2.54. The fraction of sp³-hybridized carbons (Fsp3) is 0.462. The number of nitro benzene ring substituents is 1. The molecule has 12 nitrogen and oxygen atoms in total. The number of anilines is 1. The first-order valence-corrected chi connectivity index (χ1v) is 14.8. The van der Waals surface area contributed by atoms with Crippen molar-refractivity contribution in [3.8, 4) is 0 Å². The Hall–Kier alpha value is -3.20. The van der Waals surface area contributed by atoms with Crippen molar-refractivity contribution >= 4 is 47.0 Å².